The lowest BCUT2D eigenvalue weighted by atomic mass is 10.1. The molecule has 0 atom stereocenters. The number of hydrogen-bond donors (Lipinski definition) is 0. The summed E-state index contributed by atoms with van der Waals surface area (Å²) in [5.74, 6) is 0.326. The molecule has 1 aliphatic carbocycles. The largest absolute Gasteiger partial charge is 0.464 e. The van der Waals surface area contributed by atoms with Crippen molar-refractivity contribution in [3.05, 3.63) is 36.1 Å². The third kappa shape index (κ3) is 2.33. The van der Waals surface area contributed by atoms with Crippen LogP contribution in [0, 0.1) is 0 Å². The molecule has 0 spiro atoms. The van der Waals surface area contributed by atoms with Crippen molar-refractivity contribution in [2.75, 3.05) is 5.75 Å². The molecule has 1 aromatic carbocycles. The first-order valence-electron chi connectivity index (χ1n) is 6.73. The maximum absolute atomic E-state index is 12.4. The first-order chi connectivity index (χ1) is 10.3. The fraction of sp³-hybridized carbons (Fsp3) is 0.286. The van der Waals surface area contributed by atoms with Crippen LogP contribution in [0.2, 0.25) is 0 Å². The van der Waals surface area contributed by atoms with E-state index in [1.54, 1.807) is 0 Å². The predicted molar refractivity (Wildman–Crippen MR) is 77.4 cm³/mol. The molecule has 0 amide bonds. The number of ketones is 1. The molecule has 106 valence electrons. The van der Waals surface area contributed by atoms with Crippen molar-refractivity contribution in [3.63, 3.8) is 0 Å². The summed E-state index contributed by atoms with van der Waals surface area (Å²) in [6.45, 7) is 0. The number of furan rings is 1. The summed E-state index contributed by atoms with van der Waals surface area (Å²) in [5.41, 5.74) is 1.34. The van der Waals surface area contributed by atoms with E-state index in [2.05, 4.69) is 15.5 Å². The number of benzene rings is 1. The third-order valence-electron chi connectivity index (χ3n) is 3.47. The van der Waals surface area contributed by atoms with Crippen LogP contribution in [0.25, 0.3) is 11.0 Å². The zero-order chi connectivity index (χ0) is 14.2. The van der Waals surface area contributed by atoms with Gasteiger partial charge in [-0.1, -0.05) is 30.0 Å². The lowest BCUT2D eigenvalue weighted by Gasteiger charge is -2.01. The molecule has 6 nitrogen and oxygen atoms in total. The zero-order valence-electron chi connectivity index (χ0n) is 11.1. The molecule has 0 bridgehead atoms. The Kier molecular flexibility index (Phi) is 2.99. The SMILES string of the molecule is O=C(CSc1nnnn1C1CC1)c1coc2ccccc12. The smallest absolute Gasteiger partial charge is 0.210 e. The number of tetrazole rings is 1. The van der Waals surface area contributed by atoms with E-state index in [4.69, 9.17) is 4.42 Å². The summed E-state index contributed by atoms with van der Waals surface area (Å²) in [6, 6.07) is 7.94. The molecule has 0 N–H and O–H groups in total. The minimum atomic E-state index is 0.0234. The van der Waals surface area contributed by atoms with Gasteiger partial charge in [0.25, 0.3) is 0 Å². The second-order valence-corrected chi connectivity index (χ2v) is 5.94. The molecule has 3 aromatic rings. The van der Waals surface area contributed by atoms with Gasteiger partial charge in [-0.15, -0.1) is 5.10 Å². The minimum Gasteiger partial charge on any atom is -0.464 e. The predicted octanol–water partition coefficient (Wildman–Crippen LogP) is 2.73. The van der Waals surface area contributed by atoms with E-state index in [1.807, 2.05) is 28.9 Å². The quantitative estimate of drug-likeness (QED) is 0.533. The third-order valence-corrected chi connectivity index (χ3v) is 4.40. The fourth-order valence-corrected chi connectivity index (χ4v) is 3.06. The van der Waals surface area contributed by atoms with E-state index in [0.29, 0.717) is 22.5 Å². The molecule has 7 heteroatoms. The van der Waals surface area contributed by atoms with Gasteiger partial charge in [-0.3, -0.25) is 4.79 Å². The van der Waals surface area contributed by atoms with Gasteiger partial charge < -0.3 is 4.42 Å². The summed E-state index contributed by atoms with van der Waals surface area (Å²) < 4.78 is 7.21. The second-order valence-electron chi connectivity index (χ2n) is 4.99. The summed E-state index contributed by atoms with van der Waals surface area (Å²) in [5, 5.41) is 13.2. The van der Waals surface area contributed by atoms with Gasteiger partial charge in [-0.2, -0.15) is 0 Å². The molecule has 1 saturated carbocycles. The van der Waals surface area contributed by atoms with E-state index >= 15 is 0 Å². The fourth-order valence-electron chi connectivity index (χ4n) is 2.23. The topological polar surface area (TPSA) is 73.8 Å². The summed E-state index contributed by atoms with van der Waals surface area (Å²) in [6.07, 6.45) is 3.75. The number of fused-ring (bicyclic) bond motifs is 1. The highest BCUT2D eigenvalue weighted by molar-refractivity contribution is 7.99. The number of hydrogen-bond acceptors (Lipinski definition) is 6. The average molecular weight is 300 g/mol. The van der Waals surface area contributed by atoms with Crippen LogP contribution in [0.4, 0.5) is 0 Å². The lowest BCUT2D eigenvalue weighted by Crippen LogP contribution is -2.04. The van der Waals surface area contributed by atoms with E-state index in [-0.39, 0.29) is 5.78 Å². The first-order valence-corrected chi connectivity index (χ1v) is 7.71. The first kappa shape index (κ1) is 12.6. The summed E-state index contributed by atoms with van der Waals surface area (Å²) in [7, 11) is 0. The number of aromatic nitrogens is 4. The number of carbonyl (C=O) groups is 1. The number of para-hydroxylation sites is 1. The van der Waals surface area contributed by atoms with Crippen LogP contribution in [0.1, 0.15) is 29.2 Å². The van der Waals surface area contributed by atoms with Crippen LogP contribution >= 0.6 is 11.8 Å². The molecule has 2 aromatic heterocycles. The minimum absolute atomic E-state index is 0.0234. The van der Waals surface area contributed by atoms with Gasteiger partial charge in [0.05, 0.1) is 17.4 Å². The van der Waals surface area contributed by atoms with Crippen molar-refractivity contribution >= 4 is 28.5 Å². The van der Waals surface area contributed by atoms with Crippen molar-refractivity contribution in [3.8, 4) is 0 Å². The standard InChI is InChI=1S/C14H12N4O2S/c19-12(11-7-20-13-4-2-1-3-10(11)13)8-21-14-15-16-17-18(14)9-5-6-9/h1-4,7,9H,5-6,8H2. The summed E-state index contributed by atoms with van der Waals surface area (Å²) >= 11 is 1.37. The van der Waals surface area contributed by atoms with Gasteiger partial charge in [-0.25, -0.2) is 4.68 Å². The van der Waals surface area contributed by atoms with Crippen LogP contribution in [0.15, 0.2) is 40.1 Å². The van der Waals surface area contributed by atoms with E-state index in [0.717, 1.165) is 23.8 Å². The van der Waals surface area contributed by atoms with Crippen molar-refractivity contribution in [1.29, 1.82) is 0 Å². The maximum Gasteiger partial charge on any atom is 0.210 e. The molecule has 0 radical (unpaired) electrons. The van der Waals surface area contributed by atoms with Crippen molar-refractivity contribution in [2.24, 2.45) is 0 Å². The lowest BCUT2D eigenvalue weighted by molar-refractivity contribution is 0.102. The monoisotopic (exact) mass is 300 g/mol. The van der Waals surface area contributed by atoms with Crippen LogP contribution in [-0.4, -0.2) is 31.7 Å². The highest BCUT2D eigenvalue weighted by Gasteiger charge is 2.28. The van der Waals surface area contributed by atoms with Gasteiger partial charge in [0.15, 0.2) is 5.78 Å². The van der Waals surface area contributed by atoms with E-state index in [1.165, 1.54) is 18.0 Å². The van der Waals surface area contributed by atoms with E-state index < -0.39 is 0 Å². The molecular weight excluding hydrogens is 288 g/mol. The van der Waals surface area contributed by atoms with Crippen LogP contribution < -0.4 is 0 Å². The maximum atomic E-state index is 12.4. The Labute approximate surface area is 124 Å². The number of Topliss-reactive ketones (excluding diaryl/α,β-unsaturated/α-hetero) is 1. The second kappa shape index (κ2) is 5.00. The van der Waals surface area contributed by atoms with Gasteiger partial charge in [0, 0.05) is 5.39 Å². The highest BCUT2D eigenvalue weighted by atomic mass is 32.2. The Bertz CT molecular complexity index is 806. The number of thioether (sulfide) groups is 1. The Balaban J connectivity index is 1.52. The molecule has 4 rings (SSSR count). The highest BCUT2D eigenvalue weighted by Crippen LogP contribution is 2.36. The van der Waals surface area contributed by atoms with E-state index in [9.17, 15) is 4.79 Å². The normalized spacial score (nSPS) is 14.7. The van der Waals surface area contributed by atoms with Gasteiger partial charge in [-0.05, 0) is 29.3 Å². The molecule has 0 saturated heterocycles. The Morgan fingerprint density at radius 3 is 3.10 bits per heavy atom. The zero-order valence-corrected chi connectivity index (χ0v) is 11.9. The van der Waals surface area contributed by atoms with Crippen molar-refractivity contribution in [1.82, 2.24) is 20.2 Å². The molecule has 0 unspecified atom stereocenters. The van der Waals surface area contributed by atoms with Crippen LogP contribution in [-0.2, 0) is 0 Å². The van der Waals surface area contributed by atoms with Gasteiger partial charge >= 0.3 is 0 Å². The van der Waals surface area contributed by atoms with Crippen molar-refractivity contribution < 1.29 is 9.21 Å². The molecule has 21 heavy (non-hydrogen) atoms. The molecule has 2 heterocycles. The van der Waals surface area contributed by atoms with Gasteiger partial charge in [0.1, 0.15) is 11.8 Å². The molecule has 1 aliphatic rings. The Morgan fingerprint density at radius 1 is 1.38 bits per heavy atom. The number of carbonyl (C=O) groups excluding carboxylic acids is 1. The average Bonchev–Trinajstić information content (AvgIpc) is 3.10. The van der Waals surface area contributed by atoms with Gasteiger partial charge in [0.2, 0.25) is 5.16 Å². The number of rotatable bonds is 5. The van der Waals surface area contributed by atoms with Crippen LogP contribution in [0.3, 0.4) is 0 Å². The number of nitrogens with zero attached hydrogens (tertiary/aromatic N) is 4. The Morgan fingerprint density at radius 2 is 2.24 bits per heavy atom. The van der Waals surface area contributed by atoms with Crippen molar-refractivity contribution in [2.45, 2.75) is 24.0 Å². The summed E-state index contributed by atoms with van der Waals surface area (Å²) in [4.78, 5) is 12.4. The van der Waals surface area contributed by atoms with Crippen LogP contribution in [0.5, 0.6) is 0 Å². The molecular formula is C14H12N4O2S. The molecule has 1 fully saturated rings. The Hall–Kier alpha value is -2.15. The molecule has 0 aliphatic heterocycles.